The molecule has 2 aromatic rings. The van der Waals surface area contributed by atoms with Gasteiger partial charge in [0.2, 0.25) is 0 Å². The van der Waals surface area contributed by atoms with Gasteiger partial charge < -0.3 is 4.52 Å². The lowest BCUT2D eigenvalue weighted by Gasteiger charge is -2.08. The molecule has 2 rings (SSSR count). The van der Waals surface area contributed by atoms with Gasteiger partial charge in [-0.25, -0.2) is 0 Å². The first-order valence-corrected chi connectivity index (χ1v) is 5.98. The number of nitriles is 1. The van der Waals surface area contributed by atoms with E-state index < -0.39 is 0 Å². The van der Waals surface area contributed by atoms with Crippen LogP contribution in [0, 0.1) is 32.1 Å². The van der Waals surface area contributed by atoms with Crippen molar-refractivity contribution in [2.45, 2.75) is 20.8 Å². The number of aryl methyl sites for hydroxylation is 1. The van der Waals surface area contributed by atoms with Crippen molar-refractivity contribution in [2.75, 3.05) is 0 Å². The zero-order valence-corrected chi connectivity index (χ0v) is 11.4. The van der Waals surface area contributed by atoms with Gasteiger partial charge in [-0.2, -0.15) is 5.26 Å². The molecule has 0 atom stereocenters. The number of rotatable bonds is 1. The van der Waals surface area contributed by atoms with Crippen LogP contribution in [0.4, 0.5) is 0 Å². The van der Waals surface area contributed by atoms with Crippen molar-refractivity contribution in [3.05, 3.63) is 39.0 Å². The van der Waals surface area contributed by atoms with E-state index in [-0.39, 0.29) is 5.69 Å². The topological polar surface area (TPSA) is 49.8 Å². The summed E-state index contributed by atoms with van der Waals surface area (Å²) in [5.74, 6) is 0.613. The van der Waals surface area contributed by atoms with E-state index in [1.165, 1.54) is 11.1 Å². The first-order valence-electron chi connectivity index (χ1n) is 5.18. The molecule has 0 aliphatic carbocycles. The third-order valence-electron chi connectivity index (χ3n) is 3.04. The smallest absolute Gasteiger partial charge is 0.198 e. The Morgan fingerprint density at radius 3 is 2.53 bits per heavy atom. The summed E-state index contributed by atoms with van der Waals surface area (Å²) in [6.07, 6.45) is 0. The van der Waals surface area contributed by atoms with Gasteiger partial charge in [-0.05, 0) is 53.4 Å². The van der Waals surface area contributed by atoms with E-state index in [4.69, 9.17) is 9.78 Å². The normalized spacial score (nSPS) is 10.3. The zero-order chi connectivity index (χ0) is 12.6. The SMILES string of the molecule is Cc1ccc(-c2onc(C#N)c2Br)c(C)c1C. The fraction of sp³-hybridized carbons (Fsp3) is 0.231. The second-order valence-electron chi connectivity index (χ2n) is 3.97. The first-order chi connectivity index (χ1) is 8.06. The molecule has 86 valence electrons. The Balaban J connectivity index is 2.66. The predicted octanol–water partition coefficient (Wildman–Crippen LogP) is 3.90. The van der Waals surface area contributed by atoms with Gasteiger partial charge in [-0.1, -0.05) is 17.3 Å². The standard InChI is InChI=1S/C13H11BrN2O/c1-7-4-5-10(9(3)8(7)2)13-12(14)11(6-15)16-17-13/h4-5H,1-3H3. The molecular formula is C13H11BrN2O. The molecule has 0 bridgehead atoms. The third-order valence-corrected chi connectivity index (χ3v) is 3.78. The van der Waals surface area contributed by atoms with Gasteiger partial charge in [0, 0.05) is 5.56 Å². The average molecular weight is 291 g/mol. The van der Waals surface area contributed by atoms with Gasteiger partial charge in [0.15, 0.2) is 11.5 Å². The van der Waals surface area contributed by atoms with Crippen LogP contribution in [0.15, 0.2) is 21.1 Å². The number of aromatic nitrogens is 1. The Morgan fingerprint density at radius 1 is 1.24 bits per heavy atom. The summed E-state index contributed by atoms with van der Waals surface area (Å²) >= 11 is 3.35. The van der Waals surface area contributed by atoms with Crippen LogP contribution >= 0.6 is 15.9 Å². The molecule has 1 heterocycles. The molecule has 0 N–H and O–H groups in total. The maximum Gasteiger partial charge on any atom is 0.198 e. The Bertz CT molecular complexity index is 623. The van der Waals surface area contributed by atoms with Crippen LogP contribution in [0.25, 0.3) is 11.3 Å². The van der Waals surface area contributed by atoms with Gasteiger partial charge >= 0.3 is 0 Å². The highest BCUT2D eigenvalue weighted by Crippen LogP contribution is 2.34. The minimum absolute atomic E-state index is 0.276. The van der Waals surface area contributed by atoms with Crippen LogP contribution in [-0.4, -0.2) is 5.16 Å². The first kappa shape index (κ1) is 11.9. The highest BCUT2D eigenvalue weighted by atomic mass is 79.9. The molecule has 4 heteroatoms. The summed E-state index contributed by atoms with van der Waals surface area (Å²) in [6.45, 7) is 6.19. The molecule has 0 spiro atoms. The molecule has 0 amide bonds. The Kier molecular flexibility index (Phi) is 3.03. The minimum atomic E-state index is 0.276. The van der Waals surface area contributed by atoms with E-state index >= 15 is 0 Å². The predicted molar refractivity (Wildman–Crippen MR) is 68.6 cm³/mol. The molecule has 0 aliphatic rings. The number of hydrogen-bond donors (Lipinski definition) is 0. The molecule has 3 nitrogen and oxygen atoms in total. The molecule has 17 heavy (non-hydrogen) atoms. The van der Waals surface area contributed by atoms with Crippen molar-refractivity contribution >= 4 is 15.9 Å². The molecule has 0 unspecified atom stereocenters. The monoisotopic (exact) mass is 290 g/mol. The van der Waals surface area contributed by atoms with Gasteiger partial charge in [-0.15, -0.1) is 0 Å². The van der Waals surface area contributed by atoms with E-state index in [2.05, 4.69) is 34.9 Å². The maximum atomic E-state index is 8.84. The Labute approximate surface area is 108 Å². The lowest BCUT2D eigenvalue weighted by molar-refractivity contribution is 0.429. The van der Waals surface area contributed by atoms with E-state index in [1.807, 2.05) is 25.1 Å². The fourth-order valence-electron chi connectivity index (χ4n) is 1.72. The summed E-state index contributed by atoms with van der Waals surface area (Å²) in [5.41, 5.74) is 4.85. The summed E-state index contributed by atoms with van der Waals surface area (Å²) < 4.78 is 5.85. The van der Waals surface area contributed by atoms with E-state index in [9.17, 15) is 0 Å². The number of halogens is 1. The van der Waals surface area contributed by atoms with Crippen LogP contribution < -0.4 is 0 Å². The second-order valence-corrected chi connectivity index (χ2v) is 4.76. The Hall–Kier alpha value is -1.60. The highest BCUT2D eigenvalue weighted by molar-refractivity contribution is 9.10. The zero-order valence-electron chi connectivity index (χ0n) is 9.84. The minimum Gasteiger partial charge on any atom is -0.354 e. The van der Waals surface area contributed by atoms with Crippen LogP contribution in [0.3, 0.4) is 0 Å². The molecule has 0 fully saturated rings. The molecule has 0 aliphatic heterocycles. The quantitative estimate of drug-likeness (QED) is 0.800. The molecule has 1 aromatic carbocycles. The number of nitrogens with zero attached hydrogens (tertiary/aromatic N) is 2. The molecule has 0 saturated carbocycles. The summed E-state index contributed by atoms with van der Waals surface area (Å²) in [7, 11) is 0. The Morgan fingerprint density at radius 2 is 1.94 bits per heavy atom. The fourth-order valence-corrected chi connectivity index (χ4v) is 2.16. The maximum absolute atomic E-state index is 8.84. The average Bonchev–Trinajstić information content (AvgIpc) is 2.68. The third kappa shape index (κ3) is 1.87. The van der Waals surface area contributed by atoms with Crippen molar-refractivity contribution in [1.82, 2.24) is 5.16 Å². The summed E-state index contributed by atoms with van der Waals surface area (Å²) in [6, 6.07) is 6.01. The van der Waals surface area contributed by atoms with Crippen molar-refractivity contribution in [3.8, 4) is 17.4 Å². The van der Waals surface area contributed by atoms with Crippen LogP contribution in [-0.2, 0) is 0 Å². The summed E-state index contributed by atoms with van der Waals surface area (Å²) in [4.78, 5) is 0. The van der Waals surface area contributed by atoms with Crippen molar-refractivity contribution in [1.29, 1.82) is 5.26 Å². The van der Waals surface area contributed by atoms with E-state index in [0.29, 0.717) is 10.2 Å². The molecular weight excluding hydrogens is 280 g/mol. The van der Waals surface area contributed by atoms with E-state index in [0.717, 1.165) is 11.1 Å². The number of hydrogen-bond acceptors (Lipinski definition) is 3. The van der Waals surface area contributed by atoms with Gasteiger partial charge in [-0.3, -0.25) is 0 Å². The molecule has 0 saturated heterocycles. The second kappa shape index (κ2) is 4.34. The van der Waals surface area contributed by atoms with Crippen molar-refractivity contribution in [2.24, 2.45) is 0 Å². The van der Waals surface area contributed by atoms with Crippen LogP contribution in [0.1, 0.15) is 22.4 Å². The van der Waals surface area contributed by atoms with E-state index in [1.54, 1.807) is 0 Å². The summed E-state index contributed by atoms with van der Waals surface area (Å²) in [5, 5.41) is 12.6. The van der Waals surface area contributed by atoms with Crippen molar-refractivity contribution < 1.29 is 4.52 Å². The van der Waals surface area contributed by atoms with Crippen LogP contribution in [0.2, 0.25) is 0 Å². The highest BCUT2D eigenvalue weighted by Gasteiger charge is 2.17. The van der Waals surface area contributed by atoms with Gasteiger partial charge in [0.25, 0.3) is 0 Å². The van der Waals surface area contributed by atoms with Crippen LogP contribution in [0.5, 0.6) is 0 Å². The lowest BCUT2D eigenvalue weighted by Crippen LogP contribution is -1.90. The lowest BCUT2D eigenvalue weighted by atomic mass is 9.97. The van der Waals surface area contributed by atoms with Gasteiger partial charge in [0.1, 0.15) is 10.5 Å². The number of benzene rings is 1. The van der Waals surface area contributed by atoms with Crippen molar-refractivity contribution in [3.63, 3.8) is 0 Å². The molecule has 1 aromatic heterocycles. The largest absolute Gasteiger partial charge is 0.354 e. The molecule has 0 radical (unpaired) electrons. The van der Waals surface area contributed by atoms with Gasteiger partial charge in [0.05, 0.1) is 0 Å².